The van der Waals surface area contributed by atoms with Gasteiger partial charge in [-0.1, -0.05) is 239 Å². The van der Waals surface area contributed by atoms with Crippen LogP contribution in [0, 0.1) is 0 Å². The molecule has 0 aromatic carbocycles. The summed E-state index contributed by atoms with van der Waals surface area (Å²) in [7, 11) is 0. The summed E-state index contributed by atoms with van der Waals surface area (Å²) in [5, 5.41) is 0. The summed E-state index contributed by atoms with van der Waals surface area (Å²) in [4.78, 5) is 38.1. The molecular formula is C62H100O6. The third-order valence-corrected chi connectivity index (χ3v) is 11.3. The Morgan fingerprint density at radius 1 is 0.324 bits per heavy atom. The normalized spacial score (nSPS) is 13.0. The zero-order chi connectivity index (χ0) is 49.3. The molecule has 0 saturated heterocycles. The van der Waals surface area contributed by atoms with Gasteiger partial charge in [0.15, 0.2) is 6.10 Å². The second kappa shape index (κ2) is 55.4. The minimum atomic E-state index is -0.828. The number of carbonyl (C=O) groups is 3. The van der Waals surface area contributed by atoms with E-state index in [-0.39, 0.29) is 31.6 Å². The lowest BCUT2D eigenvalue weighted by Gasteiger charge is -2.18. The van der Waals surface area contributed by atoms with Crippen LogP contribution in [0.4, 0.5) is 0 Å². The maximum absolute atomic E-state index is 12.8. The molecule has 6 nitrogen and oxygen atoms in total. The molecule has 0 bridgehead atoms. The highest BCUT2D eigenvalue weighted by atomic mass is 16.6. The first-order chi connectivity index (χ1) is 33.5. The maximum Gasteiger partial charge on any atom is 0.306 e. The van der Waals surface area contributed by atoms with Crippen LogP contribution in [0.2, 0.25) is 0 Å². The van der Waals surface area contributed by atoms with Gasteiger partial charge in [-0.3, -0.25) is 14.4 Å². The van der Waals surface area contributed by atoms with Gasteiger partial charge in [0.25, 0.3) is 0 Å². The topological polar surface area (TPSA) is 78.9 Å². The van der Waals surface area contributed by atoms with E-state index in [0.717, 1.165) is 83.5 Å². The molecule has 0 heterocycles. The average Bonchev–Trinajstić information content (AvgIpc) is 3.34. The standard InChI is InChI=1S/C62H100O6/c1-4-7-10-13-16-19-22-25-28-30-31-32-35-37-40-43-46-49-52-55-61(64)67-58-59(57-66-60(63)54-51-48-45-42-39-36-33-27-24-21-18-15-12-9-6-3)68-62(65)56-53-50-47-44-41-38-34-29-26-23-20-17-14-11-8-5-2/h8-9,11-12,15-22,24-26,29,38,41,47,50,59H,4-7,10,13-14,23,27-28,30-37,39-40,42-46,48-49,51-58H2,1-3H3/b11-8-,12-9-,18-15-,19-16-,20-17-,24-21-,25-22-,29-26-,41-38-,50-47-. The molecule has 0 radical (unpaired) electrons. The zero-order valence-electron chi connectivity index (χ0n) is 43.8. The molecule has 0 fully saturated rings. The van der Waals surface area contributed by atoms with Crippen molar-refractivity contribution in [2.75, 3.05) is 13.2 Å². The molecule has 0 N–H and O–H groups in total. The van der Waals surface area contributed by atoms with Crippen LogP contribution >= 0.6 is 0 Å². The lowest BCUT2D eigenvalue weighted by molar-refractivity contribution is -0.166. The Kier molecular flexibility index (Phi) is 52.0. The van der Waals surface area contributed by atoms with Crippen LogP contribution in [0.5, 0.6) is 0 Å². The second-order valence-corrected chi connectivity index (χ2v) is 17.8. The fourth-order valence-electron chi connectivity index (χ4n) is 7.19. The lowest BCUT2D eigenvalue weighted by atomic mass is 10.1. The Labute approximate surface area is 418 Å². The zero-order valence-corrected chi connectivity index (χ0v) is 43.8. The maximum atomic E-state index is 12.8. The molecule has 1 unspecified atom stereocenters. The number of esters is 3. The fraction of sp³-hybridized carbons (Fsp3) is 0.629. The number of ether oxygens (including phenoxy) is 3. The van der Waals surface area contributed by atoms with Crippen molar-refractivity contribution < 1.29 is 28.6 Å². The van der Waals surface area contributed by atoms with Crippen molar-refractivity contribution in [2.45, 2.75) is 239 Å². The van der Waals surface area contributed by atoms with Gasteiger partial charge in [0.2, 0.25) is 0 Å². The fourth-order valence-corrected chi connectivity index (χ4v) is 7.19. The molecule has 0 aliphatic rings. The average molecular weight is 941 g/mol. The van der Waals surface area contributed by atoms with Crippen molar-refractivity contribution in [1.29, 1.82) is 0 Å². The Bertz CT molecular complexity index is 1450. The van der Waals surface area contributed by atoms with Gasteiger partial charge in [-0.2, -0.15) is 0 Å². The van der Waals surface area contributed by atoms with Crippen molar-refractivity contribution in [2.24, 2.45) is 0 Å². The molecule has 0 saturated carbocycles. The first kappa shape index (κ1) is 63.8. The van der Waals surface area contributed by atoms with E-state index in [2.05, 4.69) is 130 Å². The molecule has 0 aromatic heterocycles. The minimum Gasteiger partial charge on any atom is -0.462 e. The molecule has 0 aromatic rings. The highest BCUT2D eigenvalue weighted by molar-refractivity contribution is 5.71. The third kappa shape index (κ3) is 52.8. The van der Waals surface area contributed by atoms with E-state index in [9.17, 15) is 14.4 Å². The van der Waals surface area contributed by atoms with Gasteiger partial charge in [0.05, 0.1) is 0 Å². The quantitative estimate of drug-likeness (QED) is 0.0199. The highest BCUT2D eigenvalue weighted by Crippen LogP contribution is 2.14. The number of hydrogen-bond acceptors (Lipinski definition) is 6. The molecule has 1 atom stereocenters. The largest absolute Gasteiger partial charge is 0.462 e. The number of unbranched alkanes of at least 4 members (excludes halogenated alkanes) is 20. The molecular weight excluding hydrogens is 841 g/mol. The summed E-state index contributed by atoms with van der Waals surface area (Å²) in [6, 6.07) is 0. The van der Waals surface area contributed by atoms with Crippen LogP contribution in [0.25, 0.3) is 0 Å². The number of rotatable bonds is 48. The van der Waals surface area contributed by atoms with Crippen molar-refractivity contribution in [1.82, 2.24) is 0 Å². The Morgan fingerprint density at radius 3 is 1.10 bits per heavy atom. The van der Waals surface area contributed by atoms with Crippen LogP contribution in [0.1, 0.15) is 233 Å². The number of allylic oxidation sites excluding steroid dienone is 20. The summed E-state index contributed by atoms with van der Waals surface area (Å²) in [5.74, 6) is -1.02. The summed E-state index contributed by atoms with van der Waals surface area (Å²) in [6.07, 6.45) is 76.2. The first-order valence-electron chi connectivity index (χ1n) is 27.6. The first-order valence-corrected chi connectivity index (χ1v) is 27.6. The van der Waals surface area contributed by atoms with Crippen molar-refractivity contribution >= 4 is 17.9 Å². The Balaban J connectivity index is 4.50. The lowest BCUT2D eigenvalue weighted by Crippen LogP contribution is -2.30. The smallest absolute Gasteiger partial charge is 0.306 e. The van der Waals surface area contributed by atoms with Gasteiger partial charge in [-0.15, -0.1) is 0 Å². The Hall–Kier alpha value is -4.19. The van der Waals surface area contributed by atoms with Crippen LogP contribution in [0.15, 0.2) is 122 Å². The van der Waals surface area contributed by atoms with Crippen LogP contribution in [-0.2, 0) is 28.6 Å². The van der Waals surface area contributed by atoms with E-state index in [0.29, 0.717) is 19.3 Å². The summed E-state index contributed by atoms with van der Waals surface area (Å²) in [6.45, 7) is 6.29. The number of carbonyl (C=O) groups excluding carboxylic acids is 3. The monoisotopic (exact) mass is 941 g/mol. The van der Waals surface area contributed by atoms with Crippen LogP contribution in [-0.4, -0.2) is 37.2 Å². The van der Waals surface area contributed by atoms with Gasteiger partial charge in [-0.05, 0) is 96.3 Å². The minimum absolute atomic E-state index is 0.116. The Morgan fingerprint density at radius 2 is 0.676 bits per heavy atom. The van der Waals surface area contributed by atoms with Gasteiger partial charge in [0, 0.05) is 19.3 Å². The second-order valence-electron chi connectivity index (χ2n) is 17.8. The van der Waals surface area contributed by atoms with E-state index in [1.54, 1.807) is 0 Å². The van der Waals surface area contributed by atoms with E-state index in [1.165, 1.54) is 103 Å². The SMILES string of the molecule is CC\C=C/C=C\C=C/CCCCCCCCCC(=O)OCC(COC(=O)CCCCCCCCCCCC/C=C\C=C/CCCCC)OC(=O)CC/C=C\C/C=C\C/C=C\C/C=C\C/C=C\CC. The molecule has 0 amide bonds. The van der Waals surface area contributed by atoms with Gasteiger partial charge >= 0.3 is 17.9 Å². The molecule has 6 heteroatoms. The molecule has 384 valence electrons. The molecule has 0 rings (SSSR count). The summed E-state index contributed by atoms with van der Waals surface area (Å²) < 4.78 is 16.8. The van der Waals surface area contributed by atoms with Crippen LogP contribution in [0.3, 0.4) is 0 Å². The highest BCUT2D eigenvalue weighted by Gasteiger charge is 2.19. The van der Waals surface area contributed by atoms with Crippen molar-refractivity contribution in [3.05, 3.63) is 122 Å². The van der Waals surface area contributed by atoms with E-state index >= 15 is 0 Å². The molecule has 0 aliphatic heterocycles. The molecule has 0 aliphatic carbocycles. The van der Waals surface area contributed by atoms with Crippen molar-refractivity contribution in [3.63, 3.8) is 0 Å². The van der Waals surface area contributed by atoms with Crippen molar-refractivity contribution in [3.8, 4) is 0 Å². The summed E-state index contributed by atoms with van der Waals surface area (Å²) in [5.41, 5.74) is 0. The molecule has 68 heavy (non-hydrogen) atoms. The van der Waals surface area contributed by atoms with E-state index < -0.39 is 12.1 Å². The van der Waals surface area contributed by atoms with E-state index in [4.69, 9.17) is 14.2 Å². The van der Waals surface area contributed by atoms with Gasteiger partial charge in [0.1, 0.15) is 13.2 Å². The third-order valence-electron chi connectivity index (χ3n) is 11.3. The molecule has 0 spiro atoms. The van der Waals surface area contributed by atoms with Gasteiger partial charge < -0.3 is 14.2 Å². The number of hydrogen-bond donors (Lipinski definition) is 0. The summed E-state index contributed by atoms with van der Waals surface area (Å²) >= 11 is 0. The van der Waals surface area contributed by atoms with E-state index in [1.807, 2.05) is 12.2 Å². The predicted molar refractivity (Wildman–Crippen MR) is 293 cm³/mol. The van der Waals surface area contributed by atoms with Crippen LogP contribution < -0.4 is 0 Å². The van der Waals surface area contributed by atoms with Gasteiger partial charge in [-0.25, -0.2) is 0 Å². The predicted octanol–water partition coefficient (Wildman–Crippen LogP) is 18.5.